The van der Waals surface area contributed by atoms with E-state index < -0.39 is 6.10 Å². The van der Waals surface area contributed by atoms with Crippen LogP contribution < -0.4 is 9.47 Å². The van der Waals surface area contributed by atoms with Crippen LogP contribution in [0.5, 0.6) is 11.5 Å². The summed E-state index contributed by atoms with van der Waals surface area (Å²) in [6.45, 7) is 13.9. The summed E-state index contributed by atoms with van der Waals surface area (Å²) in [5, 5.41) is 10.2. The Hall–Kier alpha value is -1.34. The summed E-state index contributed by atoms with van der Waals surface area (Å²) >= 11 is 0. The molecule has 1 N–H and O–H groups in total. The molecule has 6 nitrogen and oxygen atoms in total. The van der Waals surface area contributed by atoms with Gasteiger partial charge < -0.3 is 24.4 Å². The van der Waals surface area contributed by atoms with Crippen LogP contribution in [-0.2, 0) is 6.54 Å². The van der Waals surface area contributed by atoms with Crippen molar-refractivity contribution < 1.29 is 14.6 Å². The van der Waals surface area contributed by atoms with E-state index in [1.807, 2.05) is 13.1 Å². The molecule has 0 saturated carbocycles. The molecule has 0 bridgehead atoms. The monoisotopic (exact) mass is 407 g/mol. The van der Waals surface area contributed by atoms with Gasteiger partial charge in [0.25, 0.3) is 0 Å². The van der Waals surface area contributed by atoms with Gasteiger partial charge in [0.05, 0.1) is 7.11 Å². The molecule has 0 spiro atoms. The number of ether oxygens (including phenoxy) is 2. The van der Waals surface area contributed by atoms with Crippen molar-refractivity contribution in [1.82, 2.24) is 14.7 Å². The summed E-state index contributed by atoms with van der Waals surface area (Å²) in [7, 11) is 3.67. The second-order valence-electron chi connectivity index (χ2n) is 8.40. The maximum atomic E-state index is 10.2. The average molecular weight is 408 g/mol. The number of hydrogen-bond donors (Lipinski definition) is 1. The molecule has 0 aliphatic carbocycles. The van der Waals surface area contributed by atoms with Gasteiger partial charge in [-0.15, -0.1) is 0 Å². The van der Waals surface area contributed by atoms with Crippen LogP contribution in [0.2, 0.25) is 0 Å². The van der Waals surface area contributed by atoms with E-state index in [0.29, 0.717) is 18.3 Å². The van der Waals surface area contributed by atoms with Crippen LogP contribution in [0.25, 0.3) is 0 Å². The van der Waals surface area contributed by atoms with Gasteiger partial charge in [0.2, 0.25) is 0 Å². The first-order chi connectivity index (χ1) is 13.9. The van der Waals surface area contributed by atoms with Gasteiger partial charge in [0.15, 0.2) is 11.5 Å². The minimum absolute atomic E-state index is 0.254. The highest BCUT2D eigenvalue weighted by molar-refractivity contribution is 5.43. The number of nitrogens with zero attached hydrogens (tertiary/aromatic N) is 3. The smallest absolute Gasteiger partial charge is 0.161 e. The van der Waals surface area contributed by atoms with Crippen molar-refractivity contribution in [3.8, 4) is 11.5 Å². The lowest BCUT2D eigenvalue weighted by atomic mass is 10.2. The minimum atomic E-state index is -0.534. The molecule has 2 rings (SSSR count). The van der Waals surface area contributed by atoms with Crippen LogP contribution in [0.3, 0.4) is 0 Å². The molecule has 1 aromatic carbocycles. The van der Waals surface area contributed by atoms with E-state index >= 15 is 0 Å². The number of aliphatic hydroxyl groups is 1. The molecular weight excluding hydrogens is 366 g/mol. The summed E-state index contributed by atoms with van der Waals surface area (Å²) < 4.78 is 11.4. The maximum absolute atomic E-state index is 10.2. The van der Waals surface area contributed by atoms with Crippen molar-refractivity contribution in [3.63, 3.8) is 0 Å². The fourth-order valence-corrected chi connectivity index (χ4v) is 3.61. The highest BCUT2D eigenvalue weighted by atomic mass is 16.5. The van der Waals surface area contributed by atoms with E-state index in [2.05, 4.69) is 47.6 Å². The fourth-order valence-electron chi connectivity index (χ4n) is 3.61. The second kappa shape index (κ2) is 12.4. The molecule has 6 heteroatoms. The number of aliphatic hydroxyl groups excluding tert-OH is 1. The quantitative estimate of drug-likeness (QED) is 0.543. The van der Waals surface area contributed by atoms with Crippen molar-refractivity contribution in [1.29, 1.82) is 0 Å². The Bertz CT molecular complexity index is 591. The zero-order chi connectivity index (χ0) is 21.2. The number of likely N-dealkylation sites (tertiary alicyclic amines) is 1. The van der Waals surface area contributed by atoms with Crippen LogP contribution in [0, 0.1) is 0 Å². The standard InChI is InChI=1S/C23H41N3O3/c1-6-25(13-14-26-11-7-8-12-26)16-20-9-10-22(23(15-20)28-5)29-18-21(27)17-24(4)19(2)3/h9-10,15,19,21,27H,6-8,11-14,16-18H2,1-5H3/t21-/m0/s1. The first kappa shape index (κ1) is 23.9. The van der Waals surface area contributed by atoms with Gasteiger partial charge in [-0.25, -0.2) is 0 Å². The van der Waals surface area contributed by atoms with Gasteiger partial charge in [0.1, 0.15) is 12.7 Å². The number of benzene rings is 1. The van der Waals surface area contributed by atoms with Gasteiger partial charge in [-0.3, -0.25) is 4.90 Å². The first-order valence-corrected chi connectivity index (χ1v) is 11.1. The van der Waals surface area contributed by atoms with Gasteiger partial charge in [-0.05, 0) is 71.1 Å². The molecule has 1 atom stereocenters. The molecule has 1 saturated heterocycles. The third-order valence-electron chi connectivity index (χ3n) is 5.82. The third kappa shape index (κ3) is 8.13. The molecule has 1 aliphatic heterocycles. The van der Waals surface area contributed by atoms with E-state index in [1.165, 1.54) is 31.5 Å². The Kier molecular flexibility index (Phi) is 10.2. The number of methoxy groups -OCH3 is 1. The summed E-state index contributed by atoms with van der Waals surface area (Å²) in [5.41, 5.74) is 1.22. The van der Waals surface area contributed by atoms with Gasteiger partial charge >= 0.3 is 0 Å². The van der Waals surface area contributed by atoms with Gasteiger partial charge in [0, 0.05) is 32.2 Å². The summed E-state index contributed by atoms with van der Waals surface area (Å²) in [4.78, 5) is 7.14. The Morgan fingerprint density at radius 1 is 1.17 bits per heavy atom. The van der Waals surface area contributed by atoms with Crippen molar-refractivity contribution in [2.75, 3.05) is 60.0 Å². The lowest BCUT2D eigenvalue weighted by molar-refractivity contribution is 0.0668. The first-order valence-electron chi connectivity index (χ1n) is 11.1. The largest absolute Gasteiger partial charge is 0.493 e. The molecule has 1 fully saturated rings. The van der Waals surface area contributed by atoms with E-state index in [4.69, 9.17) is 9.47 Å². The van der Waals surface area contributed by atoms with E-state index in [0.717, 1.165) is 31.9 Å². The highest BCUT2D eigenvalue weighted by Gasteiger charge is 2.15. The van der Waals surface area contributed by atoms with Crippen LogP contribution in [0.1, 0.15) is 39.2 Å². The summed E-state index contributed by atoms with van der Waals surface area (Å²) in [6.07, 6.45) is 2.15. The lowest BCUT2D eigenvalue weighted by Gasteiger charge is -2.25. The van der Waals surface area contributed by atoms with Crippen molar-refractivity contribution >= 4 is 0 Å². The summed E-state index contributed by atoms with van der Waals surface area (Å²) in [6, 6.07) is 6.51. The number of hydrogen-bond acceptors (Lipinski definition) is 6. The molecule has 166 valence electrons. The van der Waals surface area contributed by atoms with E-state index in [1.54, 1.807) is 7.11 Å². The molecule has 0 amide bonds. The molecule has 1 heterocycles. The lowest BCUT2D eigenvalue weighted by Crippen LogP contribution is -2.37. The van der Waals surface area contributed by atoms with Gasteiger partial charge in [-0.1, -0.05) is 13.0 Å². The molecule has 1 aliphatic rings. The number of rotatable bonds is 13. The second-order valence-corrected chi connectivity index (χ2v) is 8.40. The van der Waals surface area contributed by atoms with Crippen molar-refractivity contribution in [3.05, 3.63) is 23.8 Å². The Morgan fingerprint density at radius 3 is 2.52 bits per heavy atom. The molecule has 0 aromatic heterocycles. The summed E-state index contributed by atoms with van der Waals surface area (Å²) in [5.74, 6) is 1.41. The minimum Gasteiger partial charge on any atom is -0.493 e. The Morgan fingerprint density at radius 2 is 1.90 bits per heavy atom. The third-order valence-corrected chi connectivity index (χ3v) is 5.82. The van der Waals surface area contributed by atoms with Crippen molar-refractivity contribution in [2.24, 2.45) is 0 Å². The normalized spacial score (nSPS) is 16.2. The maximum Gasteiger partial charge on any atom is 0.161 e. The molecule has 0 radical (unpaired) electrons. The van der Waals surface area contributed by atoms with E-state index in [9.17, 15) is 5.11 Å². The SMILES string of the molecule is CCN(CCN1CCCC1)Cc1ccc(OC[C@@H](O)CN(C)C(C)C)c(OC)c1. The van der Waals surface area contributed by atoms with E-state index in [-0.39, 0.29) is 6.61 Å². The fraction of sp³-hybridized carbons (Fsp3) is 0.739. The highest BCUT2D eigenvalue weighted by Crippen LogP contribution is 2.28. The molecular formula is C23H41N3O3. The van der Waals surface area contributed by atoms with Gasteiger partial charge in [-0.2, -0.15) is 0 Å². The Balaban J connectivity index is 1.87. The van der Waals surface area contributed by atoms with Crippen LogP contribution in [0.4, 0.5) is 0 Å². The number of likely N-dealkylation sites (N-methyl/N-ethyl adjacent to an activating group) is 2. The molecule has 29 heavy (non-hydrogen) atoms. The molecule has 1 aromatic rings. The van der Waals surface area contributed by atoms with Crippen LogP contribution in [0.15, 0.2) is 18.2 Å². The topological polar surface area (TPSA) is 48.4 Å². The predicted molar refractivity (Wildman–Crippen MR) is 119 cm³/mol. The average Bonchev–Trinajstić information content (AvgIpc) is 3.23. The molecule has 0 unspecified atom stereocenters. The Labute approximate surface area is 177 Å². The predicted octanol–water partition coefficient (Wildman–Crippen LogP) is 2.69. The van der Waals surface area contributed by atoms with Crippen LogP contribution >= 0.6 is 0 Å². The zero-order valence-electron chi connectivity index (χ0n) is 19.1. The van der Waals surface area contributed by atoms with Crippen LogP contribution in [-0.4, -0.2) is 92.0 Å². The zero-order valence-corrected chi connectivity index (χ0v) is 19.1. The van der Waals surface area contributed by atoms with Crippen molar-refractivity contribution in [2.45, 2.75) is 52.3 Å².